The van der Waals surface area contributed by atoms with Crippen molar-refractivity contribution in [2.45, 2.75) is 12.8 Å². The zero-order valence-corrected chi connectivity index (χ0v) is 4.68. The van der Waals surface area contributed by atoms with E-state index in [4.69, 9.17) is 0 Å². The predicted octanol–water partition coefficient (Wildman–Crippen LogP) is -0.542. The lowest BCUT2D eigenvalue weighted by Crippen LogP contribution is -2.27. The Morgan fingerprint density at radius 1 is 1.25 bits per heavy atom. The standard InChI is InChI=1S/C5H9NO.N/c7-5-1-3-6-4-2-5;/h6H,1-4H2;. The summed E-state index contributed by atoms with van der Waals surface area (Å²) < 4.78 is 0. The molecule has 0 saturated carbocycles. The van der Waals surface area contributed by atoms with Gasteiger partial charge in [0, 0.05) is 32.1 Å². The number of ketones is 1. The Kier molecular flexibility index (Phi) is 3.39. The molecule has 3 radical (unpaired) electrons. The Labute approximate surface area is 49.0 Å². The van der Waals surface area contributed by atoms with Gasteiger partial charge in [0.05, 0.1) is 0 Å². The van der Waals surface area contributed by atoms with Crippen LogP contribution in [0.4, 0.5) is 0 Å². The van der Waals surface area contributed by atoms with Crippen molar-refractivity contribution in [3.05, 3.63) is 0 Å². The maximum absolute atomic E-state index is 10.4. The smallest absolute Gasteiger partial charge is 0.135 e. The Hall–Kier alpha value is -0.410. The first-order valence-corrected chi connectivity index (χ1v) is 2.62. The Morgan fingerprint density at radius 3 is 2.00 bits per heavy atom. The van der Waals surface area contributed by atoms with E-state index in [1.807, 2.05) is 0 Å². The molecule has 0 spiro atoms. The Balaban J connectivity index is 0.000000490. The van der Waals surface area contributed by atoms with Crippen molar-refractivity contribution in [1.82, 2.24) is 11.5 Å². The molecule has 45 valence electrons. The third-order valence-electron chi connectivity index (χ3n) is 1.16. The van der Waals surface area contributed by atoms with Crippen molar-refractivity contribution < 1.29 is 4.79 Å². The molecule has 0 aromatic rings. The summed E-state index contributed by atoms with van der Waals surface area (Å²) in [4.78, 5) is 10.4. The van der Waals surface area contributed by atoms with Gasteiger partial charge in [0.1, 0.15) is 5.78 Å². The first-order valence-electron chi connectivity index (χ1n) is 2.62. The van der Waals surface area contributed by atoms with Crippen LogP contribution in [0.5, 0.6) is 0 Å². The van der Waals surface area contributed by atoms with E-state index in [1.54, 1.807) is 0 Å². The summed E-state index contributed by atoms with van der Waals surface area (Å²) in [5.74, 6) is 0.402. The predicted molar refractivity (Wildman–Crippen MR) is 29.2 cm³/mol. The first kappa shape index (κ1) is 7.59. The quantitative estimate of drug-likeness (QED) is 0.458. The molecular formula is C5H9N2O. The number of nitrogens with one attached hydrogen (secondary N) is 1. The van der Waals surface area contributed by atoms with Gasteiger partial charge in [-0.05, 0) is 0 Å². The number of piperidine rings is 1. The number of hydrogen-bond donors (Lipinski definition) is 1. The van der Waals surface area contributed by atoms with Gasteiger partial charge in [-0.3, -0.25) is 4.79 Å². The second-order valence-corrected chi connectivity index (χ2v) is 1.79. The van der Waals surface area contributed by atoms with Crippen molar-refractivity contribution in [2.24, 2.45) is 0 Å². The fraction of sp³-hybridized carbons (Fsp3) is 0.800. The maximum Gasteiger partial charge on any atom is 0.135 e. The monoisotopic (exact) mass is 113 g/mol. The van der Waals surface area contributed by atoms with Crippen LogP contribution in [0.25, 0.3) is 0 Å². The molecule has 1 N–H and O–H groups in total. The van der Waals surface area contributed by atoms with E-state index in [1.165, 1.54) is 0 Å². The molecule has 1 aliphatic heterocycles. The molecule has 1 rings (SSSR count). The zero-order chi connectivity index (χ0) is 5.11. The van der Waals surface area contributed by atoms with Gasteiger partial charge in [0.2, 0.25) is 0 Å². The van der Waals surface area contributed by atoms with E-state index < -0.39 is 0 Å². The highest BCUT2D eigenvalue weighted by Crippen LogP contribution is 1.91. The second kappa shape index (κ2) is 3.57. The normalized spacial score (nSPS) is 19.8. The van der Waals surface area contributed by atoms with Crippen LogP contribution in [-0.2, 0) is 4.79 Å². The highest BCUT2D eigenvalue weighted by atomic mass is 16.1. The van der Waals surface area contributed by atoms with Crippen LogP contribution < -0.4 is 11.5 Å². The van der Waals surface area contributed by atoms with Crippen LogP contribution in [0.2, 0.25) is 0 Å². The third kappa shape index (κ3) is 2.04. The van der Waals surface area contributed by atoms with Gasteiger partial charge in [0.15, 0.2) is 0 Å². The fourth-order valence-corrected chi connectivity index (χ4v) is 0.706. The SMILES string of the molecule is O=C1CCNCC1.[N]. The minimum absolute atomic E-state index is 0. The van der Waals surface area contributed by atoms with E-state index in [0.717, 1.165) is 25.9 Å². The minimum Gasteiger partial charge on any atom is -0.316 e. The molecule has 0 bridgehead atoms. The lowest BCUT2D eigenvalue weighted by atomic mass is 10.1. The van der Waals surface area contributed by atoms with Crippen LogP contribution in [-0.4, -0.2) is 18.9 Å². The first-order chi connectivity index (χ1) is 3.39. The summed E-state index contributed by atoms with van der Waals surface area (Å²) in [5.41, 5.74) is 0. The van der Waals surface area contributed by atoms with Gasteiger partial charge in [0.25, 0.3) is 0 Å². The van der Waals surface area contributed by atoms with Crippen LogP contribution in [0, 0.1) is 0 Å². The molecule has 8 heavy (non-hydrogen) atoms. The van der Waals surface area contributed by atoms with E-state index in [-0.39, 0.29) is 6.15 Å². The van der Waals surface area contributed by atoms with Gasteiger partial charge in [-0.1, -0.05) is 0 Å². The molecule has 1 fully saturated rings. The highest BCUT2D eigenvalue weighted by molar-refractivity contribution is 5.79. The van der Waals surface area contributed by atoms with Crippen molar-refractivity contribution in [3.63, 3.8) is 0 Å². The summed E-state index contributed by atoms with van der Waals surface area (Å²) in [7, 11) is 0. The topological polar surface area (TPSA) is 59.6 Å². The Bertz CT molecular complexity index is 74.5. The van der Waals surface area contributed by atoms with Crippen LogP contribution in [0.3, 0.4) is 0 Å². The molecular weight excluding hydrogens is 104 g/mol. The number of carbonyl (C=O) groups excluding carboxylic acids is 1. The van der Waals surface area contributed by atoms with Crippen LogP contribution in [0.1, 0.15) is 12.8 Å². The number of hydrogen-bond acceptors (Lipinski definition) is 2. The summed E-state index contributed by atoms with van der Waals surface area (Å²) in [5, 5.41) is 3.09. The molecule has 1 saturated heterocycles. The largest absolute Gasteiger partial charge is 0.316 e. The molecule has 0 aromatic heterocycles. The summed E-state index contributed by atoms with van der Waals surface area (Å²) in [6.07, 6.45) is 1.47. The summed E-state index contributed by atoms with van der Waals surface area (Å²) in [6, 6.07) is 0. The number of rotatable bonds is 0. The number of carbonyl (C=O) groups is 1. The summed E-state index contributed by atoms with van der Waals surface area (Å²) in [6.45, 7) is 1.78. The van der Waals surface area contributed by atoms with Crippen LogP contribution >= 0.6 is 0 Å². The molecule has 1 aliphatic rings. The maximum atomic E-state index is 10.4. The van der Waals surface area contributed by atoms with Gasteiger partial charge in [-0.15, -0.1) is 0 Å². The van der Waals surface area contributed by atoms with E-state index in [0.29, 0.717) is 5.78 Å². The van der Waals surface area contributed by atoms with Gasteiger partial charge in [-0.25, -0.2) is 0 Å². The number of Topliss-reactive ketones (excluding diaryl/α,β-unsaturated/α-hetero) is 1. The molecule has 0 amide bonds. The van der Waals surface area contributed by atoms with E-state index >= 15 is 0 Å². The van der Waals surface area contributed by atoms with Crippen LogP contribution in [0.15, 0.2) is 0 Å². The van der Waals surface area contributed by atoms with E-state index in [9.17, 15) is 4.79 Å². The second-order valence-electron chi connectivity index (χ2n) is 1.79. The average molecular weight is 113 g/mol. The molecule has 0 unspecified atom stereocenters. The van der Waals surface area contributed by atoms with Gasteiger partial charge in [-0.2, -0.15) is 0 Å². The van der Waals surface area contributed by atoms with Crippen molar-refractivity contribution in [2.75, 3.05) is 13.1 Å². The Morgan fingerprint density at radius 2 is 1.75 bits per heavy atom. The summed E-state index contributed by atoms with van der Waals surface area (Å²) >= 11 is 0. The van der Waals surface area contributed by atoms with E-state index in [2.05, 4.69) is 5.32 Å². The van der Waals surface area contributed by atoms with Crippen molar-refractivity contribution >= 4 is 5.78 Å². The molecule has 0 aromatic carbocycles. The third-order valence-corrected chi connectivity index (χ3v) is 1.16. The van der Waals surface area contributed by atoms with Gasteiger partial charge < -0.3 is 5.32 Å². The molecule has 3 heteroatoms. The lowest BCUT2D eigenvalue weighted by molar-refractivity contribution is -0.119. The van der Waals surface area contributed by atoms with Crippen molar-refractivity contribution in [3.8, 4) is 0 Å². The fourth-order valence-electron chi connectivity index (χ4n) is 0.706. The molecule has 0 atom stereocenters. The van der Waals surface area contributed by atoms with Gasteiger partial charge >= 0.3 is 0 Å². The molecule has 0 aliphatic carbocycles. The molecule has 3 nitrogen and oxygen atoms in total. The highest BCUT2D eigenvalue weighted by Gasteiger charge is 2.04. The molecule has 1 heterocycles. The zero-order valence-electron chi connectivity index (χ0n) is 4.68. The minimum atomic E-state index is 0. The number of nitrogens with zero attached hydrogens (tertiary/aromatic N) is 1. The average Bonchev–Trinajstić information content (AvgIpc) is 1.69. The van der Waals surface area contributed by atoms with Crippen molar-refractivity contribution in [1.29, 1.82) is 0 Å². The lowest BCUT2D eigenvalue weighted by Gasteiger charge is -2.08.